The van der Waals surface area contributed by atoms with Crippen LogP contribution in [0.5, 0.6) is 11.5 Å². The van der Waals surface area contributed by atoms with Gasteiger partial charge < -0.3 is 19.3 Å². The second-order valence-corrected chi connectivity index (χ2v) is 9.04. The molecule has 37 heavy (non-hydrogen) atoms. The molecule has 3 aromatic carbocycles. The predicted molar refractivity (Wildman–Crippen MR) is 148 cm³/mol. The number of rotatable bonds is 12. The molecule has 0 aromatic heterocycles. The molecule has 3 aromatic rings. The monoisotopic (exact) mass is 500 g/mol. The summed E-state index contributed by atoms with van der Waals surface area (Å²) in [6.45, 7) is 2.92. The number of benzene rings is 3. The standard InChI is InChI=1S/C31H36N2O4/c1-6-7-19-33(21-26-17-18-27(36-4)20-29(26)37-5)31(35)28(22-32(2)3)30(34)25-15-13-24(14-16-25)23-11-9-8-10-12-23/h8-18,20,22H,6-7,19,21H2,1-5H3/b28-22+. The van der Waals surface area contributed by atoms with Gasteiger partial charge in [0, 0.05) is 50.6 Å². The molecule has 0 aliphatic rings. The van der Waals surface area contributed by atoms with Crippen LogP contribution >= 0.6 is 0 Å². The molecule has 6 heteroatoms. The molecule has 0 saturated carbocycles. The number of hydrogen-bond donors (Lipinski definition) is 0. The highest BCUT2D eigenvalue weighted by molar-refractivity contribution is 6.25. The Morgan fingerprint density at radius 1 is 0.865 bits per heavy atom. The molecule has 0 saturated heterocycles. The lowest BCUT2D eigenvalue weighted by Gasteiger charge is -2.25. The molecule has 0 radical (unpaired) electrons. The Morgan fingerprint density at radius 2 is 1.54 bits per heavy atom. The summed E-state index contributed by atoms with van der Waals surface area (Å²) in [5.74, 6) is 0.697. The Kier molecular flexibility index (Phi) is 9.90. The number of methoxy groups -OCH3 is 2. The Bertz CT molecular complexity index is 1220. The number of nitrogens with zero attached hydrogens (tertiary/aromatic N) is 2. The third kappa shape index (κ3) is 7.23. The fourth-order valence-electron chi connectivity index (χ4n) is 4.03. The van der Waals surface area contributed by atoms with Crippen molar-refractivity contribution in [3.63, 3.8) is 0 Å². The van der Waals surface area contributed by atoms with Crippen molar-refractivity contribution in [2.75, 3.05) is 34.9 Å². The van der Waals surface area contributed by atoms with Gasteiger partial charge in [0.2, 0.25) is 0 Å². The van der Waals surface area contributed by atoms with Gasteiger partial charge >= 0.3 is 0 Å². The minimum Gasteiger partial charge on any atom is -0.497 e. The molecule has 194 valence electrons. The van der Waals surface area contributed by atoms with Crippen molar-refractivity contribution in [2.45, 2.75) is 26.3 Å². The minimum atomic E-state index is -0.308. The molecule has 0 spiro atoms. The highest BCUT2D eigenvalue weighted by atomic mass is 16.5. The van der Waals surface area contributed by atoms with E-state index in [1.165, 1.54) is 0 Å². The van der Waals surface area contributed by atoms with Gasteiger partial charge in [-0.25, -0.2) is 0 Å². The van der Waals surface area contributed by atoms with Gasteiger partial charge in [0.1, 0.15) is 17.1 Å². The zero-order chi connectivity index (χ0) is 26.8. The van der Waals surface area contributed by atoms with E-state index in [0.717, 1.165) is 29.5 Å². The van der Waals surface area contributed by atoms with Gasteiger partial charge in [-0.15, -0.1) is 0 Å². The first kappa shape index (κ1) is 27.5. The molecule has 0 aliphatic heterocycles. The molecule has 0 N–H and O–H groups in total. The van der Waals surface area contributed by atoms with E-state index in [0.29, 0.717) is 30.2 Å². The lowest BCUT2D eigenvalue weighted by Crippen LogP contribution is -2.35. The summed E-state index contributed by atoms with van der Waals surface area (Å²) >= 11 is 0. The van der Waals surface area contributed by atoms with E-state index in [1.54, 1.807) is 48.4 Å². The first-order valence-corrected chi connectivity index (χ1v) is 12.5. The number of unbranched alkanes of at least 4 members (excludes halogenated alkanes) is 1. The maximum absolute atomic E-state index is 13.9. The third-order valence-electron chi connectivity index (χ3n) is 6.04. The Labute approximate surface area is 220 Å². The first-order chi connectivity index (χ1) is 17.9. The molecule has 0 unspecified atom stereocenters. The van der Waals surface area contributed by atoms with Crippen LogP contribution in [0.25, 0.3) is 11.1 Å². The van der Waals surface area contributed by atoms with Crippen molar-refractivity contribution < 1.29 is 19.1 Å². The molecule has 6 nitrogen and oxygen atoms in total. The third-order valence-corrected chi connectivity index (χ3v) is 6.04. The van der Waals surface area contributed by atoms with Gasteiger partial charge in [-0.3, -0.25) is 9.59 Å². The average molecular weight is 501 g/mol. The lowest BCUT2D eigenvalue weighted by molar-refractivity contribution is -0.127. The van der Waals surface area contributed by atoms with E-state index in [1.807, 2.05) is 68.7 Å². The number of ketones is 1. The van der Waals surface area contributed by atoms with Crippen LogP contribution in [0.4, 0.5) is 0 Å². The highest BCUT2D eigenvalue weighted by Gasteiger charge is 2.26. The van der Waals surface area contributed by atoms with Crippen molar-refractivity contribution in [3.05, 3.63) is 95.7 Å². The summed E-state index contributed by atoms with van der Waals surface area (Å²) in [5.41, 5.74) is 3.52. The summed E-state index contributed by atoms with van der Waals surface area (Å²) < 4.78 is 10.9. The number of carbonyl (C=O) groups is 2. The maximum Gasteiger partial charge on any atom is 0.259 e. The second-order valence-electron chi connectivity index (χ2n) is 9.04. The minimum absolute atomic E-state index is 0.126. The summed E-state index contributed by atoms with van der Waals surface area (Å²) in [6, 6.07) is 22.9. The van der Waals surface area contributed by atoms with Crippen molar-refractivity contribution in [2.24, 2.45) is 0 Å². The molecular weight excluding hydrogens is 464 g/mol. The van der Waals surface area contributed by atoms with E-state index in [2.05, 4.69) is 6.92 Å². The smallest absolute Gasteiger partial charge is 0.259 e. The van der Waals surface area contributed by atoms with Crippen LogP contribution in [0, 0.1) is 0 Å². The summed E-state index contributed by atoms with van der Waals surface area (Å²) in [4.78, 5) is 30.9. The SMILES string of the molecule is CCCCN(Cc1ccc(OC)cc1OC)C(=O)/C(=C/N(C)C)C(=O)c1ccc(-c2ccccc2)cc1. The zero-order valence-corrected chi connectivity index (χ0v) is 22.4. The normalized spacial score (nSPS) is 11.1. The van der Waals surface area contributed by atoms with Crippen LogP contribution in [0.1, 0.15) is 35.7 Å². The second kappa shape index (κ2) is 13.3. The quantitative estimate of drug-likeness (QED) is 0.136. The lowest BCUT2D eigenvalue weighted by atomic mass is 9.98. The van der Waals surface area contributed by atoms with Gasteiger partial charge in [-0.1, -0.05) is 67.9 Å². The Morgan fingerprint density at radius 3 is 2.14 bits per heavy atom. The fraction of sp³-hybridized carbons (Fsp3) is 0.290. The van der Waals surface area contributed by atoms with Crippen molar-refractivity contribution >= 4 is 11.7 Å². The Balaban J connectivity index is 1.92. The first-order valence-electron chi connectivity index (χ1n) is 12.5. The fourth-order valence-corrected chi connectivity index (χ4v) is 4.03. The van der Waals surface area contributed by atoms with Crippen LogP contribution in [0.3, 0.4) is 0 Å². The van der Waals surface area contributed by atoms with Crippen LogP contribution in [0.2, 0.25) is 0 Å². The van der Waals surface area contributed by atoms with Gasteiger partial charge in [0.25, 0.3) is 5.91 Å². The number of Topliss-reactive ketones (excluding diaryl/α,β-unsaturated/α-hetero) is 1. The van der Waals surface area contributed by atoms with Gasteiger partial charge in [0.05, 0.1) is 14.2 Å². The molecule has 0 heterocycles. The van der Waals surface area contributed by atoms with Crippen LogP contribution < -0.4 is 9.47 Å². The molecular formula is C31H36N2O4. The topological polar surface area (TPSA) is 59.1 Å². The largest absolute Gasteiger partial charge is 0.497 e. The van der Waals surface area contributed by atoms with E-state index >= 15 is 0 Å². The number of ether oxygens (including phenoxy) is 2. The van der Waals surface area contributed by atoms with Gasteiger partial charge in [-0.2, -0.15) is 0 Å². The van der Waals surface area contributed by atoms with Gasteiger partial charge in [-0.05, 0) is 29.7 Å². The molecule has 3 rings (SSSR count). The zero-order valence-electron chi connectivity index (χ0n) is 22.4. The molecule has 0 bridgehead atoms. The molecule has 0 atom stereocenters. The van der Waals surface area contributed by atoms with Crippen LogP contribution in [-0.2, 0) is 11.3 Å². The summed E-state index contributed by atoms with van der Waals surface area (Å²) in [7, 11) is 6.81. The van der Waals surface area contributed by atoms with Crippen molar-refractivity contribution in [3.8, 4) is 22.6 Å². The van der Waals surface area contributed by atoms with Crippen molar-refractivity contribution in [1.29, 1.82) is 0 Å². The molecule has 1 amide bonds. The van der Waals surface area contributed by atoms with Gasteiger partial charge in [0.15, 0.2) is 5.78 Å². The maximum atomic E-state index is 13.9. The van der Waals surface area contributed by atoms with E-state index < -0.39 is 0 Å². The predicted octanol–water partition coefficient (Wildman–Crippen LogP) is 5.83. The van der Waals surface area contributed by atoms with Crippen molar-refractivity contribution in [1.82, 2.24) is 9.80 Å². The number of carbonyl (C=O) groups excluding carboxylic acids is 2. The number of amides is 1. The highest BCUT2D eigenvalue weighted by Crippen LogP contribution is 2.27. The average Bonchev–Trinajstić information content (AvgIpc) is 2.93. The van der Waals surface area contributed by atoms with Crippen LogP contribution in [0.15, 0.2) is 84.6 Å². The van der Waals surface area contributed by atoms with E-state index in [4.69, 9.17) is 9.47 Å². The molecule has 0 aliphatic carbocycles. The van der Waals surface area contributed by atoms with Crippen LogP contribution in [-0.4, -0.2) is 56.3 Å². The number of hydrogen-bond acceptors (Lipinski definition) is 5. The van der Waals surface area contributed by atoms with E-state index in [-0.39, 0.29) is 17.3 Å². The summed E-state index contributed by atoms with van der Waals surface area (Å²) in [5, 5.41) is 0. The Hall–Kier alpha value is -4.06. The summed E-state index contributed by atoms with van der Waals surface area (Å²) in [6.07, 6.45) is 3.35. The van der Waals surface area contributed by atoms with E-state index in [9.17, 15) is 9.59 Å². The molecule has 0 fully saturated rings.